The Morgan fingerprint density at radius 3 is 2.72 bits per heavy atom. The van der Waals surface area contributed by atoms with Crippen LogP contribution in [0.2, 0.25) is 0 Å². The summed E-state index contributed by atoms with van der Waals surface area (Å²) in [6.45, 7) is 6.77. The molecule has 1 rings (SSSR count). The SMILES string of the molecule is CCCC1CCC(C#N)C(N(C)CCOCC)C1. The monoisotopic (exact) mass is 252 g/mol. The molecule has 104 valence electrons. The first-order valence-electron chi connectivity index (χ1n) is 7.40. The summed E-state index contributed by atoms with van der Waals surface area (Å²) in [6, 6.07) is 2.94. The first-order valence-corrected chi connectivity index (χ1v) is 7.40. The minimum Gasteiger partial charge on any atom is -0.380 e. The number of nitriles is 1. The first-order chi connectivity index (χ1) is 8.72. The molecule has 0 radical (unpaired) electrons. The van der Waals surface area contributed by atoms with Gasteiger partial charge in [-0.2, -0.15) is 5.26 Å². The van der Waals surface area contributed by atoms with Crippen LogP contribution in [0.5, 0.6) is 0 Å². The number of hydrogen-bond donors (Lipinski definition) is 0. The molecule has 3 nitrogen and oxygen atoms in total. The van der Waals surface area contributed by atoms with Crippen molar-refractivity contribution in [3.63, 3.8) is 0 Å². The van der Waals surface area contributed by atoms with E-state index in [2.05, 4.69) is 24.9 Å². The molecule has 0 spiro atoms. The molecule has 0 aromatic carbocycles. The van der Waals surface area contributed by atoms with Crippen molar-refractivity contribution >= 4 is 0 Å². The normalized spacial score (nSPS) is 28.3. The van der Waals surface area contributed by atoms with E-state index in [4.69, 9.17) is 4.74 Å². The van der Waals surface area contributed by atoms with Crippen molar-refractivity contribution < 1.29 is 4.74 Å². The minimum atomic E-state index is 0.213. The van der Waals surface area contributed by atoms with Gasteiger partial charge in [-0.1, -0.05) is 19.8 Å². The lowest BCUT2D eigenvalue weighted by Gasteiger charge is -2.38. The Hall–Kier alpha value is -0.590. The third kappa shape index (κ3) is 4.59. The molecule has 3 unspecified atom stereocenters. The lowest BCUT2D eigenvalue weighted by Crippen LogP contribution is -2.43. The maximum Gasteiger partial charge on any atom is 0.0672 e. The smallest absolute Gasteiger partial charge is 0.0672 e. The summed E-state index contributed by atoms with van der Waals surface area (Å²) in [7, 11) is 2.14. The van der Waals surface area contributed by atoms with Crippen molar-refractivity contribution in [1.82, 2.24) is 4.90 Å². The average Bonchev–Trinajstić information content (AvgIpc) is 2.39. The van der Waals surface area contributed by atoms with Gasteiger partial charge in [0.05, 0.1) is 18.6 Å². The Morgan fingerprint density at radius 1 is 1.33 bits per heavy atom. The van der Waals surface area contributed by atoms with E-state index in [0.29, 0.717) is 6.04 Å². The zero-order chi connectivity index (χ0) is 13.4. The molecule has 1 saturated carbocycles. The summed E-state index contributed by atoms with van der Waals surface area (Å²) in [5.41, 5.74) is 0. The Morgan fingerprint density at radius 2 is 2.11 bits per heavy atom. The lowest BCUT2D eigenvalue weighted by molar-refractivity contribution is 0.0737. The molecular formula is C15H28N2O. The Balaban J connectivity index is 2.48. The summed E-state index contributed by atoms with van der Waals surface area (Å²) in [4.78, 5) is 2.34. The zero-order valence-corrected chi connectivity index (χ0v) is 12.2. The van der Waals surface area contributed by atoms with Crippen LogP contribution in [-0.2, 0) is 4.74 Å². The van der Waals surface area contributed by atoms with E-state index < -0.39 is 0 Å². The molecule has 1 aliphatic rings. The highest BCUT2D eigenvalue weighted by molar-refractivity contribution is 4.97. The Labute approximate surface area is 112 Å². The topological polar surface area (TPSA) is 36.3 Å². The maximum atomic E-state index is 9.29. The molecule has 0 amide bonds. The fourth-order valence-electron chi connectivity index (χ4n) is 3.06. The van der Waals surface area contributed by atoms with E-state index in [1.54, 1.807) is 0 Å². The molecule has 3 heteroatoms. The zero-order valence-electron chi connectivity index (χ0n) is 12.2. The van der Waals surface area contributed by atoms with E-state index >= 15 is 0 Å². The number of hydrogen-bond acceptors (Lipinski definition) is 3. The van der Waals surface area contributed by atoms with Gasteiger partial charge in [0, 0.05) is 19.2 Å². The Kier molecular flexibility index (Phi) is 7.31. The second-order valence-corrected chi connectivity index (χ2v) is 5.45. The number of likely N-dealkylation sites (N-methyl/N-ethyl adjacent to an activating group) is 1. The molecular weight excluding hydrogens is 224 g/mol. The lowest BCUT2D eigenvalue weighted by atomic mass is 9.76. The van der Waals surface area contributed by atoms with Crippen LogP contribution in [0.4, 0.5) is 0 Å². The van der Waals surface area contributed by atoms with Gasteiger partial charge in [0.25, 0.3) is 0 Å². The molecule has 0 saturated heterocycles. The molecule has 0 bridgehead atoms. The van der Waals surface area contributed by atoms with Crippen LogP contribution >= 0.6 is 0 Å². The van der Waals surface area contributed by atoms with Gasteiger partial charge < -0.3 is 4.74 Å². The van der Waals surface area contributed by atoms with Gasteiger partial charge in [-0.3, -0.25) is 4.90 Å². The van der Waals surface area contributed by atoms with Gasteiger partial charge >= 0.3 is 0 Å². The quantitative estimate of drug-likeness (QED) is 0.653. The summed E-state index contributed by atoms with van der Waals surface area (Å²) in [5, 5.41) is 9.29. The standard InChI is InChI=1S/C15H28N2O/c1-4-6-13-7-8-14(12-16)15(11-13)17(3)9-10-18-5-2/h13-15H,4-11H2,1-3H3. The van der Waals surface area contributed by atoms with Crippen molar-refractivity contribution in [1.29, 1.82) is 5.26 Å². The highest BCUT2D eigenvalue weighted by atomic mass is 16.5. The molecule has 1 fully saturated rings. The highest BCUT2D eigenvalue weighted by Crippen LogP contribution is 2.33. The van der Waals surface area contributed by atoms with Crippen molar-refractivity contribution in [2.45, 2.75) is 52.0 Å². The molecule has 0 aromatic heterocycles. The molecule has 0 heterocycles. The highest BCUT2D eigenvalue weighted by Gasteiger charge is 2.32. The third-order valence-corrected chi connectivity index (χ3v) is 4.15. The number of rotatable bonds is 7. The van der Waals surface area contributed by atoms with Gasteiger partial charge in [-0.25, -0.2) is 0 Å². The number of ether oxygens (including phenoxy) is 1. The third-order valence-electron chi connectivity index (χ3n) is 4.15. The predicted molar refractivity (Wildman–Crippen MR) is 74.3 cm³/mol. The molecule has 0 aliphatic heterocycles. The largest absolute Gasteiger partial charge is 0.380 e. The number of nitrogens with zero attached hydrogens (tertiary/aromatic N) is 2. The van der Waals surface area contributed by atoms with E-state index in [0.717, 1.165) is 32.1 Å². The second-order valence-electron chi connectivity index (χ2n) is 5.45. The molecule has 0 N–H and O–H groups in total. The predicted octanol–water partition coefficient (Wildman–Crippen LogP) is 3.06. The van der Waals surface area contributed by atoms with Gasteiger partial charge in [0.15, 0.2) is 0 Å². The maximum absolute atomic E-state index is 9.29. The van der Waals surface area contributed by atoms with Crippen LogP contribution in [-0.4, -0.2) is 37.7 Å². The van der Waals surface area contributed by atoms with E-state index in [-0.39, 0.29) is 5.92 Å². The molecule has 0 aromatic rings. The average molecular weight is 252 g/mol. The van der Waals surface area contributed by atoms with Crippen LogP contribution in [0.1, 0.15) is 46.0 Å². The van der Waals surface area contributed by atoms with Crippen LogP contribution in [0.3, 0.4) is 0 Å². The van der Waals surface area contributed by atoms with Crippen LogP contribution < -0.4 is 0 Å². The van der Waals surface area contributed by atoms with Crippen molar-refractivity contribution in [2.24, 2.45) is 11.8 Å². The van der Waals surface area contributed by atoms with E-state index in [1.165, 1.54) is 25.7 Å². The molecule has 3 atom stereocenters. The van der Waals surface area contributed by atoms with E-state index in [1.807, 2.05) is 6.92 Å². The molecule has 1 aliphatic carbocycles. The fourth-order valence-corrected chi connectivity index (χ4v) is 3.06. The second kappa shape index (κ2) is 8.50. The van der Waals surface area contributed by atoms with Gasteiger partial charge in [-0.15, -0.1) is 0 Å². The summed E-state index contributed by atoms with van der Waals surface area (Å²) in [6.07, 6.45) is 6.08. The van der Waals surface area contributed by atoms with Gasteiger partial charge in [0.1, 0.15) is 0 Å². The summed E-state index contributed by atoms with van der Waals surface area (Å²) < 4.78 is 5.41. The Bertz CT molecular complexity index is 262. The minimum absolute atomic E-state index is 0.213. The van der Waals surface area contributed by atoms with Gasteiger partial charge in [0.2, 0.25) is 0 Å². The van der Waals surface area contributed by atoms with Crippen molar-refractivity contribution in [3.8, 4) is 6.07 Å². The molecule has 18 heavy (non-hydrogen) atoms. The summed E-state index contributed by atoms with van der Waals surface area (Å²) >= 11 is 0. The van der Waals surface area contributed by atoms with Crippen molar-refractivity contribution in [3.05, 3.63) is 0 Å². The van der Waals surface area contributed by atoms with Gasteiger partial charge in [-0.05, 0) is 39.2 Å². The van der Waals surface area contributed by atoms with E-state index in [9.17, 15) is 5.26 Å². The van der Waals surface area contributed by atoms with Crippen LogP contribution in [0.15, 0.2) is 0 Å². The fraction of sp³-hybridized carbons (Fsp3) is 0.933. The van der Waals surface area contributed by atoms with Crippen LogP contribution in [0, 0.1) is 23.2 Å². The summed E-state index contributed by atoms with van der Waals surface area (Å²) in [5.74, 6) is 1.03. The van der Waals surface area contributed by atoms with Crippen LogP contribution in [0.25, 0.3) is 0 Å². The van der Waals surface area contributed by atoms with Crippen molar-refractivity contribution in [2.75, 3.05) is 26.8 Å². The first kappa shape index (κ1) is 15.5.